The zero-order chi connectivity index (χ0) is 46.2. The Hall–Kier alpha value is -3.13. The normalized spacial score (nSPS) is 18.8. The van der Waals surface area contributed by atoms with Gasteiger partial charge in [0.1, 0.15) is 11.5 Å². The van der Waals surface area contributed by atoms with Gasteiger partial charge in [0.2, 0.25) is 0 Å². The summed E-state index contributed by atoms with van der Waals surface area (Å²) in [6.07, 6.45) is 11.0. The first-order chi connectivity index (χ1) is 29.9. The molecule has 0 aromatic heterocycles. The van der Waals surface area contributed by atoms with Gasteiger partial charge in [-0.1, -0.05) is 149 Å². The third-order valence-electron chi connectivity index (χ3n) is 13.4. The third-order valence-corrected chi connectivity index (χ3v) is 28.0. The molecule has 0 saturated heterocycles. The highest BCUT2D eigenvalue weighted by atomic mass is 79.9. The zero-order valence-corrected chi connectivity index (χ0v) is 45.4. The molecular weight excluding hydrogens is 897 g/mol. The highest BCUT2D eigenvalue weighted by molar-refractivity contribution is 9.12. The Morgan fingerprint density at radius 1 is 0.746 bits per heavy atom. The molecular formula is C53H77BrO6Si3. The first-order valence-corrected chi connectivity index (χ1v) is 30.8. The van der Waals surface area contributed by atoms with E-state index in [0.29, 0.717) is 12.4 Å². The molecule has 63 heavy (non-hydrogen) atoms. The SMILES string of the molecule is CCC1=CC(O[Si](OC2=C[C@@H](c3ccc(OC(C)C)c(OC)c3)[C@H](CO[Si](c3ccccc3)(c3ccccc3)C(C)(C)C)C=C2Br)(C(C)C)C(C)C)=CCC1O[Si](CC)(CC)CC. The maximum absolute atomic E-state index is 7.64. The predicted molar refractivity (Wildman–Crippen MR) is 275 cm³/mol. The molecule has 3 atom stereocenters. The summed E-state index contributed by atoms with van der Waals surface area (Å²) in [5.41, 5.74) is 2.71. The minimum Gasteiger partial charge on any atom is -0.512 e. The summed E-state index contributed by atoms with van der Waals surface area (Å²) in [5.74, 6) is 3.00. The van der Waals surface area contributed by atoms with Crippen molar-refractivity contribution in [2.45, 2.75) is 155 Å². The number of ether oxygens (including phenoxy) is 2. The lowest BCUT2D eigenvalue weighted by Crippen LogP contribution is -2.67. The van der Waals surface area contributed by atoms with E-state index in [4.69, 9.17) is 27.2 Å². The van der Waals surface area contributed by atoms with Crippen LogP contribution in [0, 0.1) is 5.92 Å². The second-order valence-electron chi connectivity index (χ2n) is 19.3. The summed E-state index contributed by atoms with van der Waals surface area (Å²) >= 11 is 4.07. The molecule has 0 radical (unpaired) electrons. The Morgan fingerprint density at radius 2 is 1.33 bits per heavy atom. The van der Waals surface area contributed by atoms with Gasteiger partial charge >= 0.3 is 8.56 Å². The van der Waals surface area contributed by atoms with Crippen LogP contribution in [0.3, 0.4) is 0 Å². The summed E-state index contributed by atoms with van der Waals surface area (Å²) in [6, 6.07) is 31.5. The van der Waals surface area contributed by atoms with Crippen LogP contribution in [0.25, 0.3) is 0 Å². The fourth-order valence-electron chi connectivity index (χ4n) is 9.59. The van der Waals surface area contributed by atoms with Crippen LogP contribution < -0.4 is 19.8 Å². The molecule has 2 aliphatic rings. The molecule has 6 nitrogen and oxygen atoms in total. The van der Waals surface area contributed by atoms with Crippen LogP contribution in [0.2, 0.25) is 34.3 Å². The lowest BCUT2D eigenvalue weighted by molar-refractivity contribution is 0.208. The number of halogens is 1. The van der Waals surface area contributed by atoms with E-state index < -0.39 is 25.2 Å². The molecule has 344 valence electrons. The molecule has 1 unspecified atom stereocenters. The summed E-state index contributed by atoms with van der Waals surface area (Å²) in [4.78, 5) is 0. The second-order valence-corrected chi connectivity index (χ2v) is 33.3. The highest BCUT2D eigenvalue weighted by Crippen LogP contribution is 2.47. The minimum atomic E-state index is -3.01. The fraction of sp³-hybridized carbons (Fsp3) is 0.509. The first kappa shape index (κ1) is 50.9. The quantitative estimate of drug-likeness (QED) is 0.0992. The summed E-state index contributed by atoms with van der Waals surface area (Å²) in [5, 5.41) is 2.35. The molecule has 0 aliphatic heterocycles. The zero-order valence-electron chi connectivity index (χ0n) is 40.8. The van der Waals surface area contributed by atoms with E-state index in [1.807, 2.05) is 19.9 Å². The van der Waals surface area contributed by atoms with Gasteiger partial charge in [0.05, 0.1) is 23.8 Å². The van der Waals surface area contributed by atoms with Gasteiger partial charge in [-0.3, -0.25) is 0 Å². The number of methoxy groups -OCH3 is 1. The highest BCUT2D eigenvalue weighted by Gasteiger charge is 2.53. The lowest BCUT2D eigenvalue weighted by Gasteiger charge is -2.44. The van der Waals surface area contributed by atoms with Crippen molar-refractivity contribution in [3.05, 3.63) is 130 Å². The van der Waals surface area contributed by atoms with Crippen LogP contribution in [0.4, 0.5) is 0 Å². The molecule has 2 aliphatic carbocycles. The van der Waals surface area contributed by atoms with E-state index in [9.17, 15) is 0 Å². The van der Waals surface area contributed by atoms with Crippen molar-refractivity contribution < 1.29 is 27.2 Å². The van der Waals surface area contributed by atoms with Crippen molar-refractivity contribution in [3.63, 3.8) is 0 Å². The molecule has 0 spiro atoms. The van der Waals surface area contributed by atoms with E-state index in [1.165, 1.54) is 15.9 Å². The molecule has 10 heteroatoms. The van der Waals surface area contributed by atoms with Gasteiger partial charge in [0, 0.05) is 29.5 Å². The van der Waals surface area contributed by atoms with Crippen LogP contribution in [0.1, 0.15) is 114 Å². The molecule has 3 aromatic carbocycles. The monoisotopic (exact) mass is 972 g/mol. The average Bonchev–Trinajstić information content (AvgIpc) is 3.26. The van der Waals surface area contributed by atoms with Crippen molar-refractivity contribution in [1.29, 1.82) is 0 Å². The standard InChI is InChI=1S/C53H77BrO6Si3/c1-15-41-33-44(30-32-49(41)59-61(16-2,17-3)18-4)58-63(39(7)8,40(9)10)60-51-36-47(42-29-31-50(57-38(5)6)52(35-42)55-14)43(34-48(51)54)37-56-62(53(11,12)13,45-25-21-19-22-26-45)46-27-23-20-24-28-46/h19-31,33-36,38-40,43,47,49H,15-18,32,37H2,1-14H3/t43-,47-,49?/m0/s1. The van der Waals surface area contributed by atoms with Crippen molar-refractivity contribution in [3.8, 4) is 11.5 Å². The summed E-state index contributed by atoms with van der Waals surface area (Å²) < 4.78 is 42.6. The van der Waals surface area contributed by atoms with Gasteiger partial charge in [-0.15, -0.1) is 0 Å². The topological polar surface area (TPSA) is 55.4 Å². The number of benzene rings is 3. The molecule has 5 rings (SSSR count). The van der Waals surface area contributed by atoms with Crippen LogP contribution in [0.15, 0.2) is 125 Å². The maximum atomic E-state index is 7.64. The summed E-state index contributed by atoms with van der Waals surface area (Å²) in [6.45, 7) is 29.8. The maximum Gasteiger partial charge on any atom is 0.465 e. The van der Waals surface area contributed by atoms with Crippen molar-refractivity contribution in [1.82, 2.24) is 0 Å². The molecule has 0 amide bonds. The Kier molecular flexibility index (Phi) is 17.7. The van der Waals surface area contributed by atoms with Gasteiger partial charge < -0.3 is 27.2 Å². The van der Waals surface area contributed by atoms with Crippen molar-refractivity contribution in [2.24, 2.45) is 5.92 Å². The molecule has 0 N–H and O–H groups in total. The minimum absolute atomic E-state index is 0.0105. The first-order valence-electron chi connectivity index (χ1n) is 23.6. The van der Waals surface area contributed by atoms with Crippen molar-refractivity contribution >= 4 is 51.5 Å². The van der Waals surface area contributed by atoms with Crippen LogP contribution in [-0.4, -0.2) is 51.1 Å². The Balaban J connectivity index is 1.58. The number of allylic oxidation sites excluding steroid dienone is 3. The predicted octanol–water partition coefficient (Wildman–Crippen LogP) is 14.2. The number of hydrogen-bond donors (Lipinski definition) is 0. The summed E-state index contributed by atoms with van der Waals surface area (Å²) in [7, 11) is -5.94. The molecule has 3 aromatic rings. The molecule has 0 heterocycles. The average molecular weight is 974 g/mol. The van der Waals surface area contributed by atoms with Gasteiger partial charge in [-0.05, 0) is 118 Å². The van der Waals surface area contributed by atoms with E-state index in [2.05, 4.69) is 189 Å². The molecule has 0 saturated carbocycles. The van der Waals surface area contributed by atoms with Crippen molar-refractivity contribution in [2.75, 3.05) is 13.7 Å². The second kappa shape index (κ2) is 21.9. The third kappa shape index (κ3) is 11.3. The fourth-order valence-corrected chi connectivity index (χ4v) is 21.1. The number of hydrogen-bond acceptors (Lipinski definition) is 6. The smallest absolute Gasteiger partial charge is 0.465 e. The molecule has 0 bridgehead atoms. The van der Waals surface area contributed by atoms with Gasteiger partial charge in [-0.25, -0.2) is 0 Å². The van der Waals surface area contributed by atoms with Gasteiger partial charge in [0.15, 0.2) is 19.8 Å². The van der Waals surface area contributed by atoms with Crippen LogP contribution in [0.5, 0.6) is 11.5 Å². The Morgan fingerprint density at radius 3 is 1.83 bits per heavy atom. The Labute approximate surface area is 393 Å². The van der Waals surface area contributed by atoms with E-state index >= 15 is 0 Å². The van der Waals surface area contributed by atoms with E-state index in [0.717, 1.165) is 58.3 Å². The van der Waals surface area contributed by atoms with Crippen LogP contribution >= 0.6 is 15.9 Å². The van der Waals surface area contributed by atoms with Gasteiger partial charge in [0.25, 0.3) is 8.32 Å². The lowest BCUT2D eigenvalue weighted by atomic mass is 9.83. The van der Waals surface area contributed by atoms with Crippen LogP contribution in [-0.2, 0) is 17.7 Å². The largest absolute Gasteiger partial charge is 0.512 e. The number of rotatable bonds is 21. The van der Waals surface area contributed by atoms with E-state index in [-0.39, 0.29) is 40.2 Å². The Bertz CT molecular complexity index is 2010. The van der Waals surface area contributed by atoms with Gasteiger partial charge in [-0.2, -0.15) is 0 Å². The molecule has 0 fully saturated rings. The van der Waals surface area contributed by atoms with E-state index in [1.54, 1.807) is 7.11 Å².